The Kier molecular flexibility index (Phi) is 6.43. The first-order valence-corrected chi connectivity index (χ1v) is 13.0. The van der Waals surface area contributed by atoms with E-state index in [4.69, 9.17) is 0 Å². The van der Waals surface area contributed by atoms with Crippen molar-refractivity contribution in [3.8, 4) is 0 Å². The van der Waals surface area contributed by atoms with Gasteiger partial charge >= 0.3 is 0 Å². The van der Waals surface area contributed by atoms with Crippen LogP contribution in [0.25, 0.3) is 0 Å². The summed E-state index contributed by atoms with van der Waals surface area (Å²) in [6, 6.07) is 10.4. The smallest absolute Gasteiger partial charge is 0.293 e. The Bertz CT molecular complexity index is 1240. The van der Waals surface area contributed by atoms with Gasteiger partial charge in [-0.3, -0.25) is 9.59 Å². The molecule has 3 heterocycles. The van der Waals surface area contributed by atoms with Gasteiger partial charge in [0.2, 0.25) is 5.91 Å². The second kappa shape index (κ2) is 9.25. The van der Waals surface area contributed by atoms with Gasteiger partial charge in [0.25, 0.3) is 5.56 Å². The molecule has 0 atom stereocenters. The summed E-state index contributed by atoms with van der Waals surface area (Å²) in [4.78, 5) is 34.9. The number of amides is 1. The third-order valence-corrected chi connectivity index (χ3v) is 7.44. The van der Waals surface area contributed by atoms with E-state index in [0.717, 1.165) is 16.7 Å². The van der Waals surface area contributed by atoms with E-state index in [1.54, 1.807) is 52.6 Å². The van der Waals surface area contributed by atoms with Crippen LogP contribution in [0.1, 0.15) is 10.4 Å². The van der Waals surface area contributed by atoms with E-state index in [1.807, 2.05) is 27.3 Å². The molecule has 8 nitrogen and oxygen atoms in total. The van der Waals surface area contributed by atoms with Gasteiger partial charge in [-0.15, -0.1) is 11.3 Å². The predicted molar refractivity (Wildman–Crippen MR) is 124 cm³/mol. The zero-order chi connectivity index (χ0) is 22.7. The van der Waals surface area contributed by atoms with Gasteiger partial charge in [-0.05, 0) is 29.1 Å². The highest BCUT2D eigenvalue weighted by Crippen LogP contribution is 2.15. The lowest BCUT2D eigenvalue weighted by atomic mass is 10.2. The Morgan fingerprint density at radius 2 is 1.81 bits per heavy atom. The third kappa shape index (κ3) is 5.08. The molecular weight excluding hydrogens is 448 g/mol. The van der Waals surface area contributed by atoms with E-state index in [1.165, 1.54) is 0 Å². The quantitative estimate of drug-likeness (QED) is 0.542. The molecule has 1 fully saturated rings. The Balaban J connectivity index is 1.42. The second-order valence-electron chi connectivity index (χ2n) is 7.72. The van der Waals surface area contributed by atoms with Crippen LogP contribution >= 0.6 is 11.3 Å². The first-order chi connectivity index (χ1) is 15.3. The summed E-state index contributed by atoms with van der Waals surface area (Å²) in [6.45, 7) is 2.51. The van der Waals surface area contributed by atoms with Crippen molar-refractivity contribution in [1.29, 1.82) is 0 Å². The lowest BCUT2D eigenvalue weighted by Gasteiger charge is -2.35. The van der Waals surface area contributed by atoms with Crippen LogP contribution in [0.15, 0.2) is 63.9 Å². The molecule has 1 aromatic carbocycles. The van der Waals surface area contributed by atoms with E-state index in [9.17, 15) is 18.0 Å². The van der Waals surface area contributed by atoms with Gasteiger partial charge in [0, 0.05) is 49.7 Å². The van der Waals surface area contributed by atoms with Gasteiger partial charge < -0.3 is 14.4 Å². The third-order valence-electron chi connectivity index (χ3n) is 5.44. The van der Waals surface area contributed by atoms with Crippen molar-refractivity contribution < 1.29 is 13.2 Å². The van der Waals surface area contributed by atoms with Gasteiger partial charge in [0.05, 0.1) is 17.9 Å². The molecule has 2 aromatic heterocycles. The molecule has 10 heteroatoms. The number of carbonyl (C=O) groups is 1. The maximum absolute atomic E-state index is 13.0. The Morgan fingerprint density at radius 3 is 2.44 bits per heavy atom. The van der Waals surface area contributed by atoms with Crippen LogP contribution in [0, 0.1) is 0 Å². The maximum Gasteiger partial charge on any atom is 0.293 e. The zero-order valence-corrected chi connectivity index (χ0v) is 19.3. The van der Waals surface area contributed by atoms with Crippen molar-refractivity contribution >= 4 is 32.9 Å². The van der Waals surface area contributed by atoms with Crippen molar-refractivity contribution in [3.63, 3.8) is 0 Å². The van der Waals surface area contributed by atoms with Crippen LogP contribution < -0.4 is 10.5 Å². The number of carbonyl (C=O) groups excluding carboxylic acids is 1. The molecule has 1 aliphatic rings. The minimum Gasteiger partial charge on any atom is -0.348 e. The lowest BCUT2D eigenvalue weighted by Crippen LogP contribution is -2.51. The van der Waals surface area contributed by atoms with Crippen molar-refractivity contribution in [2.24, 2.45) is 0 Å². The summed E-state index contributed by atoms with van der Waals surface area (Å²) in [6.07, 6.45) is 4.79. The predicted octanol–water partition coefficient (Wildman–Crippen LogP) is 1.65. The molecule has 1 saturated heterocycles. The van der Waals surface area contributed by atoms with Gasteiger partial charge in [0.1, 0.15) is 0 Å². The van der Waals surface area contributed by atoms with Crippen LogP contribution in [0.5, 0.6) is 0 Å². The first kappa shape index (κ1) is 22.2. The molecule has 32 heavy (non-hydrogen) atoms. The largest absolute Gasteiger partial charge is 0.348 e. The van der Waals surface area contributed by atoms with E-state index in [2.05, 4.69) is 4.98 Å². The molecule has 1 aliphatic heterocycles. The van der Waals surface area contributed by atoms with Crippen LogP contribution in [0.3, 0.4) is 0 Å². The number of piperazine rings is 1. The molecule has 0 unspecified atom stereocenters. The van der Waals surface area contributed by atoms with E-state index >= 15 is 0 Å². The minimum atomic E-state index is -3.26. The number of thiophene rings is 1. The summed E-state index contributed by atoms with van der Waals surface area (Å²) in [5.41, 5.74) is 0.610. The highest BCUT2D eigenvalue weighted by molar-refractivity contribution is 7.90. The lowest BCUT2D eigenvalue weighted by molar-refractivity contribution is -0.130. The number of sulfone groups is 1. The van der Waals surface area contributed by atoms with E-state index in [-0.39, 0.29) is 16.4 Å². The average molecular weight is 473 g/mol. The Hall–Kier alpha value is -2.98. The van der Waals surface area contributed by atoms with E-state index < -0.39 is 9.84 Å². The molecular formula is C22H24N4O4S2. The molecule has 1 amide bonds. The highest BCUT2D eigenvalue weighted by Gasteiger charge is 2.24. The number of benzene rings is 1. The fourth-order valence-corrected chi connectivity index (χ4v) is 4.98. The average Bonchev–Trinajstić information content (AvgIpc) is 3.28. The summed E-state index contributed by atoms with van der Waals surface area (Å²) >= 11 is 1.58. The fraction of sp³-hybridized carbons (Fsp3) is 0.318. The molecule has 3 aromatic rings. The molecule has 0 N–H and O–H groups in total. The van der Waals surface area contributed by atoms with Gasteiger partial charge in [-0.25, -0.2) is 13.4 Å². The molecule has 0 aliphatic carbocycles. The second-order valence-corrected chi connectivity index (χ2v) is 10.8. The summed E-state index contributed by atoms with van der Waals surface area (Å²) in [5, 5.41) is 1.96. The monoisotopic (exact) mass is 472 g/mol. The Morgan fingerprint density at radius 1 is 1.09 bits per heavy atom. The zero-order valence-electron chi connectivity index (χ0n) is 17.7. The van der Waals surface area contributed by atoms with Gasteiger partial charge in [-0.1, -0.05) is 18.2 Å². The number of nitrogens with zero attached hydrogens (tertiary/aromatic N) is 4. The standard InChI is InChI=1S/C22H24N4O4S2/c1-32(29,30)19-6-4-17(5-7-19)16-26-9-8-23-21(22(26)28)25-12-10-24(11-13-25)20(27)15-18-3-2-14-31-18/h2-9,14H,10-13,15-16H2,1H3. The van der Waals surface area contributed by atoms with Crippen molar-refractivity contribution in [1.82, 2.24) is 14.5 Å². The highest BCUT2D eigenvalue weighted by atomic mass is 32.2. The summed E-state index contributed by atoms with van der Waals surface area (Å²) < 4.78 is 24.8. The number of hydrogen-bond donors (Lipinski definition) is 0. The van der Waals surface area contributed by atoms with Crippen molar-refractivity contribution in [2.45, 2.75) is 17.9 Å². The Labute approximate surface area is 190 Å². The van der Waals surface area contributed by atoms with Crippen LogP contribution in [-0.4, -0.2) is 61.2 Å². The number of aromatic nitrogens is 2. The fourth-order valence-electron chi connectivity index (χ4n) is 3.66. The van der Waals surface area contributed by atoms with E-state index in [0.29, 0.717) is 45.0 Å². The molecule has 0 radical (unpaired) electrons. The van der Waals surface area contributed by atoms with Crippen LogP contribution in [0.4, 0.5) is 5.82 Å². The topological polar surface area (TPSA) is 92.6 Å². The molecule has 168 valence electrons. The van der Waals surface area contributed by atoms with Gasteiger partial charge in [-0.2, -0.15) is 0 Å². The first-order valence-electron chi connectivity index (χ1n) is 10.2. The summed E-state index contributed by atoms with van der Waals surface area (Å²) in [5.74, 6) is 0.466. The number of anilines is 1. The normalized spacial score (nSPS) is 14.5. The van der Waals surface area contributed by atoms with Crippen molar-refractivity contribution in [3.05, 3.63) is 75.0 Å². The summed E-state index contributed by atoms with van der Waals surface area (Å²) in [7, 11) is -3.26. The van der Waals surface area contributed by atoms with Gasteiger partial charge in [0.15, 0.2) is 15.7 Å². The SMILES string of the molecule is CS(=O)(=O)c1ccc(Cn2ccnc(N3CCN(C(=O)Cc4cccs4)CC3)c2=O)cc1. The number of rotatable bonds is 6. The van der Waals surface area contributed by atoms with Crippen LogP contribution in [-0.2, 0) is 27.6 Å². The molecule has 0 spiro atoms. The van der Waals surface area contributed by atoms with Crippen molar-refractivity contribution in [2.75, 3.05) is 37.3 Å². The molecule has 0 saturated carbocycles. The molecule has 4 rings (SSSR count). The maximum atomic E-state index is 13.0. The number of hydrogen-bond acceptors (Lipinski definition) is 7. The minimum absolute atomic E-state index is 0.100. The molecule has 0 bridgehead atoms. The van der Waals surface area contributed by atoms with Crippen LogP contribution in [0.2, 0.25) is 0 Å².